The van der Waals surface area contributed by atoms with Crippen molar-refractivity contribution in [2.75, 3.05) is 0 Å². The van der Waals surface area contributed by atoms with Crippen molar-refractivity contribution in [2.24, 2.45) is 0 Å². The molecule has 25 heavy (non-hydrogen) atoms. The van der Waals surface area contributed by atoms with Gasteiger partial charge in [0.2, 0.25) is 5.78 Å². The van der Waals surface area contributed by atoms with E-state index in [1.54, 1.807) is 24.3 Å². The molecule has 1 unspecified atom stereocenters. The molecule has 0 bridgehead atoms. The minimum absolute atomic E-state index is 0.126. The summed E-state index contributed by atoms with van der Waals surface area (Å²) >= 11 is 5.91. The van der Waals surface area contributed by atoms with Gasteiger partial charge in [0.05, 0.1) is 5.41 Å². The van der Waals surface area contributed by atoms with E-state index in [1.807, 2.05) is 44.2 Å². The lowest BCUT2D eigenvalue weighted by atomic mass is 9.80. The van der Waals surface area contributed by atoms with Gasteiger partial charge in [0, 0.05) is 5.02 Å². The Morgan fingerprint density at radius 2 is 1.80 bits per heavy atom. The highest BCUT2D eigenvalue weighted by molar-refractivity contribution is 6.30. The Morgan fingerprint density at radius 1 is 1.12 bits per heavy atom. The molecule has 3 rings (SSSR count). The second kappa shape index (κ2) is 7.07. The number of ether oxygens (including phenoxy) is 1. The molecule has 5 nitrogen and oxygen atoms in total. The summed E-state index contributed by atoms with van der Waals surface area (Å²) in [6.07, 6.45) is 1.92. The Bertz CT molecular complexity index is 831. The van der Waals surface area contributed by atoms with Crippen LogP contribution in [0.15, 0.2) is 67.3 Å². The number of halogens is 1. The highest BCUT2D eigenvalue weighted by Crippen LogP contribution is 2.30. The van der Waals surface area contributed by atoms with Crippen molar-refractivity contribution in [1.82, 2.24) is 14.8 Å². The molecule has 1 atom stereocenters. The van der Waals surface area contributed by atoms with Crippen LogP contribution >= 0.6 is 11.6 Å². The minimum Gasteiger partial charge on any atom is -0.461 e. The normalized spacial score (nSPS) is 12.6. The van der Waals surface area contributed by atoms with Crippen LogP contribution in [0.1, 0.15) is 25.6 Å². The quantitative estimate of drug-likeness (QED) is 0.669. The molecule has 0 amide bonds. The molecule has 0 saturated carbocycles. The molecule has 0 spiro atoms. The van der Waals surface area contributed by atoms with Gasteiger partial charge in [0.25, 0.3) is 6.23 Å². The van der Waals surface area contributed by atoms with E-state index in [1.165, 1.54) is 17.3 Å². The second-order valence-corrected chi connectivity index (χ2v) is 6.59. The number of nitrogens with zero attached hydrogens (tertiary/aromatic N) is 3. The first-order valence-electron chi connectivity index (χ1n) is 7.84. The predicted octanol–water partition coefficient (Wildman–Crippen LogP) is 4.06. The van der Waals surface area contributed by atoms with Crippen LogP contribution in [0.25, 0.3) is 0 Å². The fraction of sp³-hybridized carbons (Fsp3) is 0.211. The number of carbonyl (C=O) groups excluding carboxylic acids is 1. The van der Waals surface area contributed by atoms with E-state index in [0.29, 0.717) is 10.8 Å². The molecule has 0 saturated heterocycles. The highest BCUT2D eigenvalue weighted by atomic mass is 35.5. The number of Topliss-reactive ketones (excluding diaryl/α,β-unsaturated/α-hetero) is 1. The topological polar surface area (TPSA) is 57.0 Å². The van der Waals surface area contributed by atoms with Crippen molar-refractivity contribution in [3.05, 3.63) is 77.8 Å². The summed E-state index contributed by atoms with van der Waals surface area (Å²) in [5.41, 5.74) is 0.148. The number of benzene rings is 2. The van der Waals surface area contributed by atoms with E-state index >= 15 is 0 Å². The molecule has 0 radical (unpaired) electrons. The Labute approximate surface area is 151 Å². The van der Waals surface area contributed by atoms with Crippen LogP contribution in [0.4, 0.5) is 0 Å². The average Bonchev–Trinajstić information content (AvgIpc) is 3.16. The zero-order chi connectivity index (χ0) is 17.9. The number of rotatable bonds is 6. The first-order chi connectivity index (χ1) is 12.0. The van der Waals surface area contributed by atoms with E-state index in [4.69, 9.17) is 16.3 Å². The van der Waals surface area contributed by atoms with Gasteiger partial charge in [-0.15, -0.1) is 0 Å². The van der Waals surface area contributed by atoms with Crippen LogP contribution < -0.4 is 4.74 Å². The number of carbonyl (C=O) groups is 1. The molecule has 0 aliphatic carbocycles. The number of ketones is 1. The minimum atomic E-state index is -0.932. The third kappa shape index (κ3) is 3.72. The summed E-state index contributed by atoms with van der Waals surface area (Å²) in [4.78, 5) is 17.2. The van der Waals surface area contributed by atoms with Gasteiger partial charge in [-0.05, 0) is 43.7 Å². The molecule has 2 aromatic carbocycles. The molecule has 0 N–H and O–H groups in total. The smallest absolute Gasteiger partial charge is 0.252 e. The van der Waals surface area contributed by atoms with Gasteiger partial charge in [-0.1, -0.05) is 41.9 Å². The summed E-state index contributed by atoms with van der Waals surface area (Å²) < 4.78 is 7.35. The fourth-order valence-electron chi connectivity index (χ4n) is 2.51. The molecule has 128 valence electrons. The van der Waals surface area contributed by atoms with Crippen LogP contribution in [-0.4, -0.2) is 20.5 Å². The summed E-state index contributed by atoms with van der Waals surface area (Å²) in [7, 11) is 0. The maximum absolute atomic E-state index is 13.3. The van der Waals surface area contributed by atoms with Gasteiger partial charge in [0.1, 0.15) is 18.4 Å². The van der Waals surface area contributed by atoms with Crippen molar-refractivity contribution in [1.29, 1.82) is 0 Å². The number of hydrogen-bond acceptors (Lipinski definition) is 4. The van der Waals surface area contributed by atoms with E-state index in [2.05, 4.69) is 10.1 Å². The standard InChI is InChI=1S/C19H18ClN3O2/c1-19(2,14-6-4-3-5-7-14)17(24)18(23-13-21-12-22-23)25-16-10-8-15(20)9-11-16/h3-13,18H,1-2H3. The molecular formula is C19H18ClN3O2. The van der Waals surface area contributed by atoms with E-state index in [9.17, 15) is 4.79 Å². The third-order valence-corrected chi connectivity index (χ3v) is 4.33. The number of hydrogen-bond donors (Lipinski definition) is 0. The summed E-state index contributed by atoms with van der Waals surface area (Å²) in [6.45, 7) is 3.75. The van der Waals surface area contributed by atoms with Crippen LogP contribution in [-0.2, 0) is 10.2 Å². The monoisotopic (exact) mass is 355 g/mol. The molecule has 0 fully saturated rings. The average molecular weight is 356 g/mol. The maximum Gasteiger partial charge on any atom is 0.252 e. The van der Waals surface area contributed by atoms with Crippen LogP contribution in [0.3, 0.4) is 0 Å². The Balaban J connectivity index is 1.94. The molecule has 0 aliphatic heterocycles. The fourth-order valence-corrected chi connectivity index (χ4v) is 2.64. The van der Waals surface area contributed by atoms with E-state index in [0.717, 1.165) is 5.56 Å². The lowest BCUT2D eigenvalue weighted by Crippen LogP contribution is -2.39. The van der Waals surface area contributed by atoms with Crippen molar-refractivity contribution in [3.8, 4) is 5.75 Å². The lowest BCUT2D eigenvalue weighted by molar-refractivity contribution is -0.135. The largest absolute Gasteiger partial charge is 0.461 e. The van der Waals surface area contributed by atoms with Gasteiger partial charge < -0.3 is 4.74 Å². The summed E-state index contributed by atoms with van der Waals surface area (Å²) in [5, 5.41) is 4.69. The highest BCUT2D eigenvalue weighted by Gasteiger charge is 2.38. The Kier molecular flexibility index (Phi) is 4.86. The SMILES string of the molecule is CC(C)(C(=O)C(Oc1ccc(Cl)cc1)n1cncn1)c1ccccc1. The van der Waals surface area contributed by atoms with Gasteiger partial charge >= 0.3 is 0 Å². The van der Waals surface area contributed by atoms with Crippen LogP contribution in [0, 0.1) is 0 Å². The molecule has 1 heterocycles. The zero-order valence-electron chi connectivity index (χ0n) is 14.0. The van der Waals surface area contributed by atoms with Crippen molar-refractivity contribution < 1.29 is 9.53 Å². The Hall–Kier alpha value is -2.66. The number of aromatic nitrogens is 3. The van der Waals surface area contributed by atoms with Gasteiger partial charge in [-0.2, -0.15) is 5.10 Å². The van der Waals surface area contributed by atoms with E-state index in [-0.39, 0.29) is 5.78 Å². The van der Waals surface area contributed by atoms with Crippen LogP contribution in [0.2, 0.25) is 5.02 Å². The van der Waals surface area contributed by atoms with Crippen molar-refractivity contribution in [2.45, 2.75) is 25.5 Å². The van der Waals surface area contributed by atoms with Crippen molar-refractivity contribution >= 4 is 17.4 Å². The lowest BCUT2D eigenvalue weighted by Gasteiger charge is -2.29. The molecule has 3 aromatic rings. The summed E-state index contributed by atoms with van der Waals surface area (Å²) in [5.74, 6) is 0.404. The first-order valence-corrected chi connectivity index (χ1v) is 8.22. The zero-order valence-corrected chi connectivity index (χ0v) is 14.7. The molecule has 0 aliphatic rings. The van der Waals surface area contributed by atoms with Gasteiger partial charge in [-0.25, -0.2) is 9.67 Å². The van der Waals surface area contributed by atoms with Gasteiger partial charge in [-0.3, -0.25) is 4.79 Å². The molecular weight excluding hydrogens is 338 g/mol. The van der Waals surface area contributed by atoms with E-state index < -0.39 is 11.6 Å². The second-order valence-electron chi connectivity index (χ2n) is 6.15. The third-order valence-electron chi connectivity index (χ3n) is 4.07. The maximum atomic E-state index is 13.3. The van der Waals surface area contributed by atoms with Crippen LogP contribution in [0.5, 0.6) is 5.75 Å². The first kappa shape index (κ1) is 17.2. The summed E-state index contributed by atoms with van der Waals surface area (Å²) in [6, 6.07) is 16.5. The molecule has 6 heteroatoms. The van der Waals surface area contributed by atoms with Crippen molar-refractivity contribution in [3.63, 3.8) is 0 Å². The predicted molar refractivity (Wildman–Crippen MR) is 95.6 cm³/mol. The Morgan fingerprint density at radius 3 is 2.40 bits per heavy atom. The molecule has 1 aromatic heterocycles. The van der Waals surface area contributed by atoms with Gasteiger partial charge in [0.15, 0.2) is 0 Å².